The largest absolute Gasteiger partial charge is 0.309 e. The fourth-order valence-corrected chi connectivity index (χ4v) is 10.4. The Balaban J connectivity index is 1.07. The van der Waals surface area contributed by atoms with Gasteiger partial charge in [0.05, 0.1) is 11.0 Å². The van der Waals surface area contributed by atoms with E-state index in [1.54, 1.807) is 0 Å². The Morgan fingerprint density at radius 3 is 2.04 bits per heavy atom. The molecule has 10 aromatic rings. The lowest BCUT2D eigenvalue weighted by molar-refractivity contribution is 0.554. The van der Waals surface area contributed by atoms with Gasteiger partial charge in [-0.1, -0.05) is 109 Å². The Hall–Kier alpha value is -5.95. The lowest BCUT2D eigenvalue weighted by Crippen LogP contribution is -2.24. The third-order valence-corrected chi connectivity index (χ3v) is 12.9. The quantitative estimate of drug-likeness (QED) is 0.183. The average molecular weight is 703 g/mol. The van der Waals surface area contributed by atoms with Crippen molar-refractivity contribution in [2.75, 3.05) is 0 Å². The van der Waals surface area contributed by atoms with Gasteiger partial charge in [-0.2, -0.15) is 0 Å². The number of aromatic nitrogens is 4. The molecular weight excluding hydrogens is 673 g/mol. The highest BCUT2D eigenvalue weighted by Crippen LogP contribution is 2.46. The van der Waals surface area contributed by atoms with Gasteiger partial charge in [-0.3, -0.25) is 0 Å². The molecule has 52 heavy (non-hydrogen) atoms. The van der Waals surface area contributed by atoms with E-state index in [2.05, 4.69) is 145 Å². The van der Waals surface area contributed by atoms with E-state index >= 15 is 0 Å². The number of para-hydroxylation sites is 2. The van der Waals surface area contributed by atoms with Gasteiger partial charge >= 0.3 is 0 Å². The summed E-state index contributed by atoms with van der Waals surface area (Å²) in [5, 5.41) is 7.76. The first-order chi connectivity index (χ1) is 25.6. The monoisotopic (exact) mass is 702 g/mol. The van der Waals surface area contributed by atoms with Gasteiger partial charge in [-0.05, 0) is 55.8 Å². The van der Waals surface area contributed by atoms with Gasteiger partial charge in [0.2, 0.25) is 0 Å². The number of allylic oxidation sites excluding steroid dienone is 4. The first-order valence-electron chi connectivity index (χ1n) is 17.6. The molecule has 1 aliphatic carbocycles. The molecular formula is C46H30N4S2. The molecule has 0 N–H and O–H groups in total. The van der Waals surface area contributed by atoms with Gasteiger partial charge in [-0.15, -0.1) is 22.7 Å². The Bertz CT molecular complexity index is 3070. The lowest BCUT2D eigenvalue weighted by Gasteiger charge is -2.25. The van der Waals surface area contributed by atoms with Crippen LogP contribution < -0.4 is 0 Å². The molecule has 0 spiro atoms. The number of benzene rings is 6. The molecule has 0 radical (unpaired) electrons. The van der Waals surface area contributed by atoms with E-state index in [1.165, 1.54) is 67.8 Å². The maximum atomic E-state index is 5.13. The standard InChI is InChI=1S/C46H30N4S2/c1-46(24-10-3-11-25-46)45-48-43(28-12-4-2-5-13-28)47-44(49-45)29-18-20-34-40(26-29)51-39-23-21-33-35-27-30(19-22-38(35)52-42(33)41(34)39)50-36-16-8-6-14-31(36)32-15-7-9-17-37(32)50/h2-24,26-27H,25H2,1H3. The van der Waals surface area contributed by atoms with Crippen molar-refractivity contribution >= 4 is 84.8 Å². The molecule has 0 aliphatic heterocycles. The van der Waals surface area contributed by atoms with E-state index in [0.717, 1.165) is 23.4 Å². The molecule has 1 aliphatic rings. The van der Waals surface area contributed by atoms with Crippen LogP contribution in [0.5, 0.6) is 0 Å². The highest BCUT2D eigenvalue weighted by atomic mass is 32.1. The summed E-state index contributed by atoms with van der Waals surface area (Å²) in [6.07, 6.45) is 9.43. The zero-order valence-corrected chi connectivity index (χ0v) is 29.9. The third kappa shape index (κ3) is 4.48. The van der Waals surface area contributed by atoms with Gasteiger partial charge in [0.25, 0.3) is 0 Å². The molecule has 4 heterocycles. The second-order valence-corrected chi connectivity index (χ2v) is 16.0. The van der Waals surface area contributed by atoms with Gasteiger partial charge in [-0.25, -0.2) is 15.0 Å². The maximum Gasteiger partial charge on any atom is 0.163 e. The van der Waals surface area contributed by atoms with Crippen LogP contribution in [0.4, 0.5) is 0 Å². The van der Waals surface area contributed by atoms with Crippen molar-refractivity contribution < 1.29 is 0 Å². The molecule has 1 unspecified atom stereocenters. The molecule has 6 aromatic carbocycles. The zero-order chi connectivity index (χ0) is 34.4. The van der Waals surface area contributed by atoms with Gasteiger partial charge in [0.15, 0.2) is 11.6 Å². The minimum Gasteiger partial charge on any atom is -0.309 e. The molecule has 246 valence electrons. The summed E-state index contributed by atoms with van der Waals surface area (Å²) in [6.45, 7) is 2.21. The van der Waals surface area contributed by atoms with Crippen LogP contribution in [-0.2, 0) is 5.41 Å². The minimum absolute atomic E-state index is 0.300. The van der Waals surface area contributed by atoms with E-state index in [9.17, 15) is 0 Å². The van der Waals surface area contributed by atoms with Crippen molar-refractivity contribution in [2.24, 2.45) is 0 Å². The number of hydrogen-bond donors (Lipinski definition) is 0. The van der Waals surface area contributed by atoms with Crippen LogP contribution in [0.25, 0.3) is 90.6 Å². The lowest BCUT2D eigenvalue weighted by atomic mass is 9.83. The Morgan fingerprint density at radius 2 is 1.27 bits per heavy atom. The molecule has 0 fully saturated rings. The van der Waals surface area contributed by atoms with Gasteiger partial charge < -0.3 is 4.57 Å². The van der Waals surface area contributed by atoms with Crippen molar-refractivity contribution in [3.8, 4) is 28.5 Å². The van der Waals surface area contributed by atoms with Crippen LogP contribution in [0.15, 0.2) is 152 Å². The Labute approximate surface area is 307 Å². The SMILES string of the molecule is CC1(c2nc(-c3ccccc3)nc(-c3ccc4c(c3)sc3ccc5c6cc(-n7c8ccccc8c8ccccc87)ccc6sc5c34)n2)C=CC=CC1. The summed E-state index contributed by atoms with van der Waals surface area (Å²) in [7, 11) is 0. The van der Waals surface area contributed by atoms with Crippen molar-refractivity contribution in [2.45, 2.75) is 18.8 Å². The third-order valence-electron chi connectivity index (χ3n) is 10.6. The Kier molecular flexibility index (Phi) is 6.45. The van der Waals surface area contributed by atoms with Crippen LogP contribution in [0.3, 0.4) is 0 Å². The first-order valence-corrected chi connectivity index (χ1v) is 19.2. The van der Waals surface area contributed by atoms with Crippen molar-refractivity contribution in [3.63, 3.8) is 0 Å². The summed E-state index contributed by atoms with van der Waals surface area (Å²) in [4.78, 5) is 15.2. The Morgan fingerprint density at radius 1 is 0.558 bits per heavy atom. The smallest absolute Gasteiger partial charge is 0.163 e. The second-order valence-electron chi connectivity index (χ2n) is 13.9. The molecule has 0 amide bonds. The number of fused-ring (bicyclic) bond motifs is 10. The molecule has 4 nitrogen and oxygen atoms in total. The maximum absolute atomic E-state index is 5.13. The normalized spacial score (nSPS) is 16.0. The topological polar surface area (TPSA) is 43.6 Å². The molecule has 4 aromatic heterocycles. The van der Waals surface area contributed by atoms with E-state index in [-0.39, 0.29) is 5.41 Å². The van der Waals surface area contributed by atoms with Crippen LogP contribution >= 0.6 is 22.7 Å². The highest BCUT2D eigenvalue weighted by Gasteiger charge is 2.29. The van der Waals surface area contributed by atoms with E-state index in [0.29, 0.717) is 11.6 Å². The molecule has 1 atom stereocenters. The number of thiophene rings is 2. The summed E-state index contributed by atoms with van der Waals surface area (Å²) in [6, 6.07) is 46.0. The van der Waals surface area contributed by atoms with E-state index in [4.69, 9.17) is 15.0 Å². The molecule has 11 rings (SSSR count). The van der Waals surface area contributed by atoms with E-state index in [1.807, 2.05) is 40.9 Å². The van der Waals surface area contributed by atoms with Crippen molar-refractivity contribution in [1.82, 2.24) is 19.5 Å². The molecule has 0 saturated heterocycles. The first kappa shape index (κ1) is 29.7. The predicted molar refractivity (Wildman–Crippen MR) is 221 cm³/mol. The fraction of sp³-hybridized carbons (Fsp3) is 0.0652. The van der Waals surface area contributed by atoms with Gasteiger partial charge in [0, 0.05) is 73.3 Å². The van der Waals surface area contributed by atoms with Crippen LogP contribution in [0.2, 0.25) is 0 Å². The van der Waals surface area contributed by atoms with Crippen molar-refractivity contribution in [3.05, 3.63) is 158 Å². The second kappa shape index (κ2) is 11.3. The van der Waals surface area contributed by atoms with Gasteiger partial charge in [0.1, 0.15) is 5.82 Å². The number of rotatable bonds is 4. The van der Waals surface area contributed by atoms with E-state index < -0.39 is 0 Å². The predicted octanol–water partition coefficient (Wildman–Crippen LogP) is 12.8. The van der Waals surface area contributed by atoms with Crippen LogP contribution in [0, 0.1) is 0 Å². The minimum atomic E-state index is -0.300. The average Bonchev–Trinajstić information content (AvgIpc) is 3.87. The van der Waals surface area contributed by atoms with Crippen LogP contribution in [-0.4, -0.2) is 19.5 Å². The summed E-state index contributed by atoms with van der Waals surface area (Å²) in [5.41, 5.74) is 5.33. The number of nitrogens with zero attached hydrogens (tertiary/aromatic N) is 4. The molecule has 6 heteroatoms. The van der Waals surface area contributed by atoms with Crippen LogP contribution in [0.1, 0.15) is 19.2 Å². The van der Waals surface area contributed by atoms with Crippen molar-refractivity contribution in [1.29, 1.82) is 0 Å². The highest BCUT2D eigenvalue weighted by molar-refractivity contribution is 7.29. The summed E-state index contributed by atoms with van der Waals surface area (Å²) >= 11 is 3.74. The summed E-state index contributed by atoms with van der Waals surface area (Å²) in [5.74, 6) is 2.20. The molecule has 0 bridgehead atoms. The molecule has 0 saturated carbocycles. The fourth-order valence-electron chi connectivity index (χ4n) is 7.93. The zero-order valence-electron chi connectivity index (χ0n) is 28.2. The summed E-state index contributed by atoms with van der Waals surface area (Å²) < 4.78 is 7.57. The number of hydrogen-bond acceptors (Lipinski definition) is 5.